The molecule has 2 rings (SSSR count). The Morgan fingerprint density at radius 1 is 1.50 bits per heavy atom. The molecular formula is C10H10BrFN4. The SMILES string of the molecule is Cn1cc(N)c(Nc2cc(Br)ccc2F)n1. The standard InChI is InChI=1S/C10H10BrFN4/c1-16-5-8(13)10(15-16)14-9-4-6(11)2-3-7(9)12/h2-5H,13H2,1H3,(H,14,15). The lowest BCUT2D eigenvalue weighted by molar-refractivity contribution is 0.631. The fourth-order valence-electron chi connectivity index (χ4n) is 1.32. The van der Waals surface area contributed by atoms with Crippen LogP contribution in [-0.2, 0) is 7.05 Å². The predicted molar refractivity (Wildman–Crippen MR) is 65.0 cm³/mol. The highest BCUT2D eigenvalue weighted by atomic mass is 79.9. The van der Waals surface area contributed by atoms with E-state index < -0.39 is 0 Å². The van der Waals surface area contributed by atoms with Gasteiger partial charge in [0.25, 0.3) is 0 Å². The third-order valence-corrected chi connectivity index (χ3v) is 2.53. The zero-order chi connectivity index (χ0) is 11.7. The largest absolute Gasteiger partial charge is 0.394 e. The van der Waals surface area contributed by atoms with E-state index in [0.717, 1.165) is 4.47 Å². The van der Waals surface area contributed by atoms with Gasteiger partial charge in [-0.05, 0) is 18.2 Å². The van der Waals surface area contributed by atoms with Gasteiger partial charge in [-0.1, -0.05) is 15.9 Å². The number of rotatable bonds is 2. The second-order valence-electron chi connectivity index (χ2n) is 3.36. The lowest BCUT2D eigenvalue weighted by Crippen LogP contribution is -1.98. The van der Waals surface area contributed by atoms with Gasteiger partial charge >= 0.3 is 0 Å². The number of nitrogen functional groups attached to an aromatic ring is 1. The van der Waals surface area contributed by atoms with Crippen LogP contribution in [0.3, 0.4) is 0 Å². The molecule has 1 aromatic heterocycles. The van der Waals surface area contributed by atoms with Gasteiger partial charge in [0.2, 0.25) is 0 Å². The quantitative estimate of drug-likeness (QED) is 0.891. The van der Waals surface area contributed by atoms with Crippen molar-refractivity contribution in [2.75, 3.05) is 11.1 Å². The number of benzene rings is 1. The van der Waals surface area contributed by atoms with Gasteiger partial charge in [0, 0.05) is 17.7 Å². The molecule has 0 fully saturated rings. The molecule has 0 aliphatic heterocycles. The number of halogens is 2. The van der Waals surface area contributed by atoms with Crippen molar-refractivity contribution in [3.05, 3.63) is 34.7 Å². The van der Waals surface area contributed by atoms with Crippen LogP contribution < -0.4 is 11.1 Å². The van der Waals surface area contributed by atoms with E-state index in [1.807, 2.05) is 0 Å². The van der Waals surface area contributed by atoms with Gasteiger partial charge in [0.1, 0.15) is 5.82 Å². The summed E-state index contributed by atoms with van der Waals surface area (Å²) in [5, 5.41) is 6.92. The van der Waals surface area contributed by atoms with Crippen molar-refractivity contribution in [3.8, 4) is 0 Å². The molecule has 84 valence electrons. The van der Waals surface area contributed by atoms with Crippen molar-refractivity contribution in [2.45, 2.75) is 0 Å². The molecule has 0 saturated heterocycles. The van der Waals surface area contributed by atoms with Crippen molar-refractivity contribution in [1.29, 1.82) is 0 Å². The Labute approximate surface area is 100 Å². The van der Waals surface area contributed by atoms with E-state index in [1.165, 1.54) is 6.07 Å². The van der Waals surface area contributed by atoms with E-state index in [4.69, 9.17) is 5.73 Å². The van der Waals surface area contributed by atoms with Crippen LogP contribution in [0.1, 0.15) is 0 Å². The Balaban J connectivity index is 2.33. The fourth-order valence-corrected chi connectivity index (χ4v) is 1.69. The van der Waals surface area contributed by atoms with Crippen LogP contribution in [0.15, 0.2) is 28.9 Å². The first kappa shape index (κ1) is 10.9. The highest BCUT2D eigenvalue weighted by molar-refractivity contribution is 9.10. The topological polar surface area (TPSA) is 55.9 Å². The molecule has 0 aliphatic rings. The fraction of sp³-hybridized carbons (Fsp3) is 0.100. The number of aromatic nitrogens is 2. The second-order valence-corrected chi connectivity index (χ2v) is 4.27. The number of anilines is 3. The van der Waals surface area contributed by atoms with E-state index in [0.29, 0.717) is 17.2 Å². The molecule has 4 nitrogen and oxygen atoms in total. The number of nitrogens with two attached hydrogens (primary N) is 1. The van der Waals surface area contributed by atoms with E-state index in [9.17, 15) is 4.39 Å². The first-order chi connectivity index (χ1) is 7.56. The maximum atomic E-state index is 13.4. The first-order valence-corrected chi connectivity index (χ1v) is 5.37. The highest BCUT2D eigenvalue weighted by Gasteiger charge is 2.08. The van der Waals surface area contributed by atoms with E-state index >= 15 is 0 Å². The summed E-state index contributed by atoms with van der Waals surface area (Å²) < 4.78 is 15.8. The molecule has 1 aromatic carbocycles. The first-order valence-electron chi connectivity index (χ1n) is 4.57. The molecule has 1 heterocycles. The summed E-state index contributed by atoms with van der Waals surface area (Å²) in [6.45, 7) is 0. The molecule has 0 spiro atoms. The Morgan fingerprint density at radius 2 is 2.25 bits per heavy atom. The van der Waals surface area contributed by atoms with E-state index in [2.05, 4.69) is 26.3 Å². The Bertz CT molecular complexity index is 524. The zero-order valence-electron chi connectivity index (χ0n) is 8.54. The molecule has 0 saturated carbocycles. The normalized spacial score (nSPS) is 10.4. The molecule has 16 heavy (non-hydrogen) atoms. The molecule has 0 bridgehead atoms. The van der Waals surface area contributed by atoms with Crippen molar-refractivity contribution in [1.82, 2.24) is 9.78 Å². The van der Waals surface area contributed by atoms with Crippen molar-refractivity contribution in [2.24, 2.45) is 7.05 Å². The summed E-state index contributed by atoms with van der Waals surface area (Å²) in [5.41, 5.74) is 6.50. The molecule has 3 N–H and O–H groups in total. The van der Waals surface area contributed by atoms with Crippen molar-refractivity contribution in [3.63, 3.8) is 0 Å². The number of nitrogens with zero attached hydrogens (tertiary/aromatic N) is 2. The zero-order valence-corrected chi connectivity index (χ0v) is 10.1. The van der Waals surface area contributed by atoms with Crippen LogP contribution in [-0.4, -0.2) is 9.78 Å². The lowest BCUT2D eigenvalue weighted by atomic mass is 10.3. The third kappa shape index (κ3) is 2.16. The molecule has 6 heteroatoms. The minimum absolute atomic E-state index is 0.333. The Kier molecular flexibility index (Phi) is 2.82. The van der Waals surface area contributed by atoms with Crippen molar-refractivity contribution >= 4 is 33.1 Å². The summed E-state index contributed by atoms with van der Waals surface area (Å²) in [4.78, 5) is 0. The minimum Gasteiger partial charge on any atom is -0.394 e. The Hall–Kier alpha value is -1.56. The van der Waals surface area contributed by atoms with Gasteiger partial charge in [0.15, 0.2) is 5.82 Å². The molecule has 0 atom stereocenters. The van der Waals surface area contributed by atoms with E-state index in [-0.39, 0.29) is 5.82 Å². The summed E-state index contributed by atoms with van der Waals surface area (Å²) >= 11 is 3.27. The molecule has 0 radical (unpaired) electrons. The van der Waals surface area contributed by atoms with Crippen LogP contribution in [0, 0.1) is 5.82 Å². The van der Waals surface area contributed by atoms with Gasteiger partial charge in [-0.15, -0.1) is 0 Å². The van der Waals surface area contributed by atoms with Crippen LogP contribution in [0.5, 0.6) is 0 Å². The summed E-state index contributed by atoms with van der Waals surface area (Å²) in [5.74, 6) is 0.0905. The van der Waals surface area contributed by atoms with Gasteiger partial charge in [0.05, 0.1) is 11.4 Å². The molecule has 0 amide bonds. The summed E-state index contributed by atoms with van der Waals surface area (Å²) in [6, 6.07) is 4.62. The summed E-state index contributed by atoms with van der Waals surface area (Å²) in [7, 11) is 1.75. The van der Waals surface area contributed by atoms with Gasteiger partial charge < -0.3 is 11.1 Å². The number of hydrogen-bond donors (Lipinski definition) is 2. The minimum atomic E-state index is -0.353. The Morgan fingerprint density at radius 3 is 2.88 bits per heavy atom. The molecular weight excluding hydrogens is 275 g/mol. The van der Waals surface area contributed by atoms with Crippen LogP contribution >= 0.6 is 15.9 Å². The predicted octanol–water partition coefficient (Wildman–Crippen LogP) is 2.65. The smallest absolute Gasteiger partial charge is 0.175 e. The summed E-state index contributed by atoms with van der Waals surface area (Å²) in [6.07, 6.45) is 1.65. The highest BCUT2D eigenvalue weighted by Crippen LogP contribution is 2.25. The van der Waals surface area contributed by atoms with Crippen LogP contribution in [0.25, 0.3) is 0 Å². The number of nitrogens with one attached hydrogen (secondary N) is 1. The van der Waals surface area contributed by atoms with Crippen LogP contribution in [0.4, 0.5) is 21.6 Å². The number of hydrogen-bond acceptors (Lipinski definition) is 3. The van der Waals surface area contributed by atoms with Gasteiger partial charge in [-0.3, -0.25) is 4.68 Å². The van der Waals surface area contributed by atoms with Gasteiger partial charge in [-0.2, -0.15) is 5.10 Å². The molecule has 2 aromatic rings. The lowest BCUT2D eigenvalue weighted by Gasteiger charge is -2.05. The average Bonchev–Trinajstić information content (AvgIpc) is 2.51. The maximum absolute atomic E-state index is 13.4. The monoisotopic (exact) mass is 284 g/mol. The van der Waals surface area contributed by atoms with Gasteiger partial charge in [-0.25, -0.2) is 4.39 Å². The molecule has 0 aliphatic carbocycles. The number of aryl methyl sites for hydroxylation is 1. The second kappa shape index (κ2) is 4.13. The van der Waals surface area contributed by atoms with Crippen LogP contribution in [0.2, 0.25) is 0 Å². The van der Waals surface area contributed by atoms with E-state index in [1.54, 1.807) is 30.1 Å². The molecule has 0 unspecified atom stereocenters. The maximum Gasteiger partial charge on any atom is 0.175 e. The average molecular weight is 285 g/mol. The third-order valence-electron chi connectivity index (χ3n) is 2.04. The van der Waals surface area contributed by atoms with Crippen molar-refractivity contribution < 1.29 is 4.39 Å².